The number of aliphatic hydroxyl groups excluding tert-OH is 11. The highest BCUT2D eigenvalue weighted by Gasteiger charge is 2.53. The summed E-state index contributed by atoms with van der Waals surface area (Å²) in [6.45, 7) is -2.32. The third kappa shape index (κ3) is 5.37. The summed E-state index contributed by atoms with van der Waals surface area (Å²) in [5.74, 6) is 0. The van der Waals surface area contributed by atoms with Crippen LogP contribution in [0.5, 0.6) is 0 Å². The van der Waals surface area contributed by atoms with Gasteiger partial charge in [0.15, 0.2) is 18.9 Å². The van der Waals surface area contributed by atoms with Crippen molar-refractivity contribution in [3.8, 4) is 0 Å². The van der Waals surface area contributed by atoms with Crippen molar-refractivity contribution in [2.75, 3.05) is 19.8 Å². The van der Waals surface area contributed by atoms with Crippen molar-refractivity contribution in [1.82, 2.24) is 0 Å². The Balaban J connectivity index is 1.72. The van der Waals surface area contributed by atoms with Gasteiger partial charge < -0.3 is 79.9 Å². The highest BCUT2D eigenvalue weighted by molar-refractivity contribution is 4.96. The van der Waals surface area contributed by atoms with Crippen molar-refractivity contribution in [2.45, 2.75) is 92.1 Å². The number of ether oxygens (including phenoxy) is 5. The minimum absolute atomic E-state index is 0.741. The average molecular weight is 504 g/mol. The second-order valence-electron chi connectivity index (χ2n) is 8.33. The molecule has 16 nitrogen and oxygen atoms in total. The number of hydrogen-bond acceptors (Lipinski definition) is 16. The van der Waals surface area contributed by atoms with E-state index in [0.29, 0.717) is 0 Å². The Kier molecular flexibility index (Phi) is 9.54. The lowest BCUT2D eigenvalue weighted by Crippen LogP contribution is -2.66. The van der Waals surface area contributed by atoms with Gasteiger partial charge in [0.2, 0.25) is 0 Å². The molecule has 0 bridgehead atoms. The highest BCUT2D eigenvalue weighted by atomic mass is 16.8. The molecule has 3 rings (SSSR count). The van der Waals surface area contributed by atoms with Crippen LogP contribution in [-0.2, 0) is 23.7 Å². The van der Waals surface area contributed by atoms with Crippen LogP contribution in [0.25, 0.3) is 0 Å². The van der Waals surface area contributed by atoms with E-state index in [4.69, 9.17) is 23.7 Å². The first-order valence-corrected chi connectivity index (χ1v) is 10.6. The van der Waals surface area contributed by atoms with Crippen molar-refractivity contribution in [1.29, 1.82) is 0 Å². The molecule has 0 radical (unpaired) electrons. The van der Waals surface area contributed by atoms with Gasteiger partial charge in [0.05, 0.1) is 19.8 Å². The standard InChI is InChI=1S/C18H32O16/c19-1-4-7(22)8(23)12(27)17(31-4)34-15-6(3-21)32-18(13(28)10(15)25)33-14-5(2-20)30-16(29)11(26)9(14)24/h4-29H,1-3H2/t4?,5?,6?,7-,8+,9-,10-,11?,12?,13?,14-,15-,16+,17-,18-/m1/s1. The van der Waals surface area contributed by atoms with Crippen LogP contribution in [0.15, 0.2) is 0 Å². The van der Waals surface area contributed by atoms with Crippen LogP contribution in [0, 0.1) is 0 Å². The lowest BCUT2D eigenvalue weighted by Gasteiger charge is -2.47. The lowest BCUT2D eigenvalue weighted by atomic mass is 9.96. The molecule has 15 atom stereocenters. The van der Waals surface area contributed by atoms with Gasteiger partial charge >= 0.3 is 0 Å². The van der Waals surface area contributed by atoms with Crippen molar-refractivity contribution < 1.29 is 79.9 Å². The molecule has 11 N–H and O–H groups in total. The Morgan fingerprint density at radius 1 is 0.441 bits per heavy atom. The molecule has 3 aliphatic heterocycles. The fourth-order valence-corrected chi connectivity index (χ4v) is 4.06. The molecule has 0 saturated carbocycles. The summed E-state index contributed by atoms with van der Waals surface area (Å²) < 4.78 is 26.4. The molecule has 0 amide bonds. The van der Waals surface area contributed by atoms with E-state index in [1.165, 1.54) is 0 Å². The van der Waals surface area contributed by atoms with E-state index < -0.39 is 112 Å². The molecule has 0 aromatic rings. The molecule has 16 heteroatoms. The van der Waals surface area contributed by atoms with Gasteiger partial charge in [-0.15, -0.1) is 0 Å². The first-order valence-electron chi connectivity index (χ1n) is 10.6. The Morgan fingerprint density at radius 2 is 0.853 bits per heavy atom. The largest absolute Gasteiger partial charge is 0.394 e. The first kappa shape index (κ1) is 27.9. The summed E-state index contributed by atoms with van der Waals surface area (Å²) >= 11 is 0. The lowest BCUT2D eigenvalue weighted by molar-refractivity contribution is -0.377. The molecule has 3 aliphatic rings. The number of hydrogen-bond donors (Lipinski definition) is 11. The average Bonchev–Trinajstić information content (AvgIpc) is 2.83. The molecule has 0 aromatic carbocycles. The summed E-state index contributed by atoms with van der Waals surface area (Å²) in [5, 5.41) is 109. The van der Waals surface area contributed by atoms with Crippen molar-refractivity contribution in [2.24, 2.45) is 0 Å². The second-order valence-corrected chi connectivity index (χ2v) is 8.33. The van der Waals surface area contributed by atoms with E-state index in [2.05, 4.69) is 0 Å². The Bertz CT molecular complexity index is 635. The molecule has 6 unspecified atom stereocenters. The van der Waals surface area contributed by atoms with Gasteiger partial charge in [-0.3, -0.25) is 0 Å². The topological polar surface area (TPSA) is 269 Å². The van der Waals surface area contributed by atoms with Crippen LogP contribution in [0.2, 0.25) is 0 Å². The third-order valence-corrected chi connectivity index (χ3v) is 6.09. The molecule has 3 heterocycles. The van der Waals surface area contributed by atoms with Crippen LogP contribution in [0.4, 0.5) is 0 Å². The van der Waals surface area contributed by atoms with Gasteiger partial charge in [0, 0.05) is 0 Å². The van der Waals surface area contributed by atoms with E-state index in [1.54, 1.807) is 0 Å². The maximum absolute atomic E-state index is 10.6. The minimum Gasteiger partial charge on any atom is -0.394 e. The van der Waals surface area contributed by atoms with Crippen molar-refractivity contribution >= 4 is 0 Å². The van der Waals surface area contributed by atoms with Crippen molar-refractivity contribution in [3.05, 3.63) is 0 Å². The molecule has 3 fully saturated rings. The van der Waals surface area contributed by atoms with Crippen LogP contribution >= 0.6 is 0 Å². The summed E-state index contributed by atoms with van der Waals surface area (Å²) in [6.07, 6.45) is -25.1. The third-order valence-electron chi connectivity index (χ3n) is 6.09. The monoisotopic (exact) mass is 504 g/mol. The van der Waals surface area contributed by atoms with Gasteiger partial charge in [-0.1, -0.05) is 0 Å². The van der Waals surface area contributed by atoms with Gasteiger partial charge in [-0.25, -0.2) is 0 Å². The highest BCUT2D eigenvalue weighted by Crippen LogP contribution is 2.32. The van der Waals surface area contributed by atoms with E-state index in [1.807, 2.05) is 0 Å². The maximum Gasteiger partial charge on any atom is 0.187 e. The van der Waals surface area contributed by atoms with Gasteiger partial charge in [-0.05, 0) is 0 Å². The summed E-state index contributed by atoms with van der Waals surface area (Å²) in [6, 6.07) is 0. The SMILES string of the molecule is OCC1O[C@H](O[C@@H]2C(CO)O[C@H](O[C@@H]3C(CO)O[C@H](O)C(O)[C@H]3O)C(O)[C@H]2O)C(O)[C@@H](O)[C@@H]1O. The molecule has 0 aromatic heterocycles. The van der Waals surface area contributed by atoms with Crippen LogP contribution in [-0.4, -0.2) is 168 Å². The summed E-state index contributed by atoms with van der Waals surface area (Å²) in [7, 11) is 0. The molecular formula is C18H32O16. The van der Waals surface area contributed by atoms with Crippen LogP contribution in [0.1, 0.15) is 0 Å². The van der Waals surface area contributed by atoms with E-state index in [9.17, 15) is 56.2 Å². The zero-order chi connectivity index (χ0) is 25.3. The van der Waals surface area contributed by atoms with E-state index in [0.717, 1.165) is 0 Å². The Morgan fingerprint density at radius 3 is 1.35 bits per heavy atom. The zero-order valence-electron chi connectivity index (χ0n) is 17.7. The van der Waals surface area contributed by atoms with Gasteiger partial charge in [-0.2, -0.15) is 0 Å². The summed E-state index contributed by atoms with van der Waals surface area (Å²) in [4.78, 5) is 0. The van der Waals surface area contributed by atoms with Gasteiger partial charge in [0.1, 0.15) is 73.2 Å². The first-order chi connectivity index (χ1) is 16.0. The molecule has 200 valence electrons. The quantitative estimate of drug-likeness (QED) is 0.154. The number of rotatable bonds is 7. The predicted octanol–water partition coefficient (Wildman–Crippen LogP) is -7.57. The zero-order valence-corrected chi connectivity index (χ0v) is 17.7. The fraction of sp³-hybridized carbons (Fsp3) is 1.00. The van der Waals surface area contributed by atoms with Crippen LogP contribution < -0.4 is 0 Å². The minimum atomic E-state index is -1.91. The van der Waals surface area contributed by atoms with Gasteiger partial charge in [0.25, 0.3) is 0 Å². The molecule has 0 aliphatic carbocycles. The Labute approximate surface area is 192 Å². The van der Waals surface area contributed by atoms with E-state index >= 15 is 0 Å². The van der Waals surface area contributed by atoms with Crippen molar-refractivity contribution in [3.63, 3.8) is 0 Å². The molecule has 34 heavy (non-hydrogen) atoms. The smallest absolute Gasteiger partial charge is 0.187 e. The van der Waals surface area contributed by atoms with Crippen LogP contribution in [0.3, 0.4) is 0 Å². The second kappa shape index (κ2) is 11.6. The predicted molar refractivity (Wildman–Crippen MR) is 101 cm³/mol. The normalized spacial score (nSPS) is 52.5. The van der Waals surface area contributed by atoms with E-state index in [-0.39, 0.29) is 0 Å². The Hall–Kier alpha value is -0.640. The molecule has 0 spiro atoms. The number of aliphatic hydroxyl groups is 11. The molecular weight excluding hydrogens is 472 g/mol. The molecule has 3 saturated heterocycles. The maximum atomic E-state index is 10.6. The summed E-state index contributed by atoms with van der Waals surface area (Å²) in [5.41, 5.74) is 0. The fourth-order valence-electron chi connectivity index (χ4n) is 4.06.